The summed E-state index contributed by atoms with van der Waals surface area (Å²) in [5.74, 6) is 0.517. The molecule has 6 nitrogen and oxygen atoms in total. The van der Waals surface area contributed by atoms with Crippen LogP contribution in [0, 0.1) is 0 Å². The third-order valence-electron chi connectivity index (χ3n) is 4.08. The molecule has 0 aromatic heterocycles. The van der Waals surface area contributed by atoms with Crippen LogP contribution < -0.4 is 20.3 Å². The van der Waals surface area contributed by atoms with Gasteiger partial charge in [-0.3, -0.25) is 4.79 Å². The first kappa shape index (κ1) is 17.3. The van der Waals surface area contributed by atoms with Crippen LogP contribution >= 0.6 is 0 Å². The van der Waals surface area contributed by atoms with Gasteiger partial charge in [-0.2, -0.15) is 0 Å². The van der Waals surface area contributed by atoms with Gasteiger partial charge in [-0.15, -0.1) is 0 Å². The standard InChI is InChI=1S/C19H23N3O3/c23-13-14-25-18-7-3-16(4-8-18)21-19(24)15-1-5-17(6-2-15)22-11-9-20-10-12-22/h1-8,20,23H,9-14H2,(H,21,24). The Hall–Kier alpha value is -2.57. The van der Waals surface area contributed by atoms with Gasteiger partial charge in [-0.25, -0.2) is 0 Å². The number of carbonyl (C=O) groups is 1. The fraction of sp³-hybridized carbons (Fsp3) is 0.316. The number of hydrogen-bond donors (Lipinski definition) is 3. The molecule has 6 heteroatoms. The lowest BCUT2D eigenvalue weighted by Crippen LogP contribution is -2.43. The lowest BCUT2D eigenvalue weighted by molar-refractivity contribution is 0.102. The van der Waals surface area contributed by atoms with Crippen LogP contribution in [0.3, 0.4) is 0 Å². The molecule has 3 N–H and O–H groups in total. The van der Waals surface area contributed by atoms with Gasteiger partial charge in [-0.1, -0.05) is 0 Å². The molecule has 3 rings (SSSR count). The quantitative estimate of drug-likeness (QED) is 0.746. The molecule has 1 aliphatic heterocycles. The maximum Gasteiger partial charge on any atom is 0.255 e. The predicted octanol–water partition coefficient (Wildman–Crippen LogP) is 1.72. The van der Waals surface area contributed by atoms with Crippen molar-refractivity contribution in [3.05, 3.63) is 54.1 Å². The number of amides is 1. The molecule has 1 saturated heterocycles. The summed E-state index contributed by atoms with van der Waals surface area (Å²) in [6, 6.07) is 14.8. The van der Waals surface area contributed by atoms with Crippen molar-refractivity contribution in [3.63, 3.8) is 0 Å². The Bertz CT molecular complexity index is 680. The summed E-state index contributed by atoms with van der Waals surface area (Å²) < 4.78 is 5.30. The number of rotatable bonds is 6. The molecule has 1 amide bonds. The van der Waals surface area contributed by atoms with Crippen LogP contribution in [-0.4, -0.2) is 50.4 Å². The smallest absolute Gasteiger partial charge is 0.255 e. The number of carbonyl (C=O) groups excluding carboxylic acids is 1. The van der Waals surface area contributed by atoms with Gasteiger partial charge in [0.05, 0.1) is 6.61 Å². The minimum Gasteiger partial charge on any atom is -0.491 e. The molecule has 0 unspecified atom stereocenters. The Kier molecular flexibility index (Phi) is 5.87. The largest absolute Gasteiger partial charge is 0.491 e. The van der Waals surface area contributed by atoms with E-state index in [9.17, 15) is 4.79 Å². The molecule has 2 aromatic carbocycles. The molecule has 1 fully saturated rings. The molecule has 0 atom stereocenters. The molecule has 1 heterocycles. The Balaban J connectivity index is 1.59. The van der Waals surface area contributed by atoms with E-state index in [1.165, 1.54) is 0 Å². The number of piperazine rings is 1. The highest BCUT2D eigenvalue weighted by Gasteiger charge is 2.11. The molecule has 0 spiro atoms. The molecule has 0 radical (unpaired) electrons. The van der Waals surface area contributed by atoms with E-state index >= 15 is 0 Å². The highest BCUT2D eigenvalue weighted by molar-refractivity contribution is 6.04. The van der Waals surface area contributed by atoms with Gasteiger partial charge in [0.15, 0.2) is 0 Å². The van der Waals surface area contributed by atoms with E-state index in [0.717, 1.165) is 31.9 Å². The van der Waals surface area contributed by atoms with Gasteiger partial charge in [0.25, 0.3) is 5.91 Å². The van der Waals surface area contributed by atoms with E-state index in [4.69, 9.17) is 9.84 Å². The van der Waals surface area contributed by atoms with E-state index in [1.807, 2.05) is 24.3 Å². The van der Waals surface area contributed by atoms with Crippen molar-refractivity contribution in [1.82, 2.24) is 5.32 Å². The van der Waals surface area contributed by atoms with Gasteiger partial charge in [-0.05, 0) is 48.5 Å². The van der Waals surface area contributed by atoms with Crippen LogP contribution in [0.25, 0.3) is 0 Å². The summed E-state index contributed by atoms with van der Waals surface area (Å²) in [6.45, 7) is 4.17. The van der Waals surface area contributed by atoms with Crippen LogP contribution in [0.1, 0.15) is 10.4 Å². The monoisotopic (exact) mass is 341 g/mol. The van der Waals surface area contributed by atoms with Crippen LogP contribution in [0.5, 0.6) is 5.75 Å². The fourth-order valence-corrected chi connectivity index (χ4v) is 2.75. The second-order valence-electron chi connectivity index (χ2n) is 5.83. The average Bonchev–Trinajstić information content (AvgIpc) is 2.68. The Morgan fingerprint density at radius 2 is 1.76 bits per heavy atom. The summed E-state index contributed by atoms with van der Waals surface area (Å²) in [6.07, 6.45) is 0. The highest BCUT2D eigenvalue weighted by atomic mass is 16.5. The normalized spacial score (nSPS) is 14.2. The van der Waals surface area contributed by atoms with Gasteiger partial charge in [0, 0.05) is 43.1 Å². The lowest BCUT2D eigenvalue weighted by atomic mass is 10.1. The van der Waals surface area contributed by atoms with E-state index in [-0.39, 0.29) is 19.1 Å². The summed E-state index contributed by atoms with van der Waals surface area (Å²) in [5.41, 5.74) is 2.47. The fourth-order valence-electron chi connectivity index (χ4n) is 2.75. The molecule has 0 bridgehead atoms. The zero-order valence-corrected chi connectivity index (χ0v) is 14.1. The van der Waals surface area contributed by atoms with Crippen LogP contribution in [0.2, 0.25) is 0 Å². The van der Waals surface area contributed by atoms with Crippen LogP contribution in [0.4, 0.5) is 11.4 Å². The number of hydrogen-bond acceptors (Lipinski definition) is 5. The Morgan fingerprint density at radius 1 is 1.08 bits per heavy atom. The molecule has 0 aliphatic carbocycles. The van der Waals surface area contributed by atoms with Crippen molar-refractivity contribution in [1.29, 1.82) is 0 Å². The second-order valence-corrected chi connectivity index (χ2v) is 5.83. The second kappa shape index (κ2) is 8.50. The third kappa shape index (κ3) is 4.71. The zero-order valence-electron chi connectivity index (χ0n) is 14.1. The number of aliphatic hydroxyl groups is 1. The number of ether oxygens (including phenoxy) is 1. The Morgan fingerprint density at radius 3 is 2.40 bits per heavy atom. The highest BCUT2D eigenvalue weighted by Crippen LogP contribution is 2.19. The van der Waals surface area contributed by atoms with Gasteiger partial charge in [0.2, 0.25) is 0 Å². The summed E-state index contributed by atoms with van der Waals surface area (Å²) in [5, 5.41) is 14.9. The minimum absolute atomic E-state index is 0.0254. The van der Waals surface area contributed by atoms with Crippen molar-refractivity contribution in [2.45, 2.75) is 0 Å². The van der Waals surface area contributed by atoms with Crippen molar-refractivity contribution in [3.8, 4) is 5.75 Å². The van der Waals surface area contributed by atoms with Crippen LogP contribution in [-0.2, 0) is 0 Å². The summed E-state index contributed by atoms with van der Waals surface area (Å²) >= 11 is 0. The third-order valence-corrected chi connectivity index (χ3v) is 4.08. The van der Waals surface area contributed by atoms with Gasteiger partial charge < -0.3 is 25.4 Å². The number of nitrogens with zero attached hydrogens (tertiary/aromatic N) is 1. The Labute approximate surface area is 147 Å². The first-order chi connectivity index (χ1) is 12.3. The maximum atomic E-state index is 12.4. The number of anilines is 2. The summed E-state index contributed by atoms with van der Waals surface area (Å²) in [4.78, 5) is 14.7. The van der Waals surface area contributed by atoms with Crippen molar-refractivity contribution in [2.24, 2.45) is 0 Å². The number of aliphatic hydroxyl groups excluding tert-OH is 1. The van der Waals surface area contributed by atoms with E-state index in [2.05, 4.69) is 15.5 Å². The first-order valence-electron chi connectivity index (χ1n) is 8.47. The van der Waals surface area contributed by atoms with Crippen LogP contribution in [0.15, 0.2) is 48.5 Å². The maximum absolute atomic E-state index is 12.4. The van der Waals surface area contributed by atoms with Crippen molar-refractivity contribution in [2.75, 3.05) is 49.6 Å². The average molecular weight is 341 g/mol. The zero-order chi connectivity index (χ0) is 17.5. The van der Waals surface area contributed by atoms with Crippen molar-refractivity contribution >= 4 is 17.3 Å². The number of nitrogens with one attached hydrogen (secondary N) is 2. The molecule has 25 heavy (non-hydrogen) atoms. The molecular formula is C19H23N3O3. The minimum atomic E-state index is -0.143. The summed E-state index contributed by atoms with van der Waals surface area (Å²) in [7, 11) is 0. The van der Waals surface area contributed by atoms with Gasteiger partial charge in [0.1, 0.15) is 12.4 Å². The van der Waals surface area contributed by atoms with Crippen molar-refractivity contribution < 1.29 is 14.6 Å². The molecular weight excluding hydrogens is 318 g/mol. The first-order valence-corrected chi connectivity index (χ1v) is 8.47. The molecule has 2 aromatic rings. The van der Waals surface area contributed by atoms with E-state index < -0.39 is 0 Å². The molecule has 1 aliphatic rings. The SMILES string of the molecule is O=C(Nc1ccc(OCCO)cc1)c1ccc(N2CCNCC2)cc1. The topological polar surface area (TPSA) is 73.8 Å². The van der Waals surface area contributed by atoms with E-state index in [0.29, 0.717) is 17.0 Å². The molecule has 0 saturated carbocycles. The molecule has 132 valence electrons. The van der Waals surface area contributed by atoms with E-state index in [1.54, 1.807) is 24.3 Å². The van der Waals surface area contributed by atoms with Gasteiger partial charge >= 0.3 is 0 Å². The lowest BCUT2D eigenvalue weighted by Gasteiger charge is -2.29. The number of benzene rings is 2. The predicted molar refractivity (Wildman–Crippen MR) is 98.5 cm³/mol.